The first-order valence-electron chi connectivity index (χ1n) is 8.82. The molecule has 0 N–H and O–H groups in total. The summed E-state index contributed by atoms with van der Waals surface area (Å²) in [6, 6.07) is 10.4. The highest BCUT2D eigenvalue weighted by Crippen LogP contribution is 2.36. The molecular formula is C21H17BrFNO5S. The Hall–Kier alpha value is -2.65. The number of carbonyl (C=O) groups excluding carboxylic acids is 3. The van der Waals surface area contributed by atoms with E-state index in [-0.39, 0.29) is 17.3 Å². The first-order valence-corrected chi connectivity index (χ1v) is 10.4. The van der Waals surface area contributed by atoms with Crippen LogP contribution >= 0.6 is 27.7 Å². The molecule has 0 unspecified atom stereocenters. The SMILES string of the molecule is COC(=O)[C@@H](C)N1C(=O)S/C(=C/c2cc(Br)ccc2OCc2ccccc2F)C1=O. The number of nitrogens with zero attached hydrogens (tertiary/aromatic N) is 1. The number of hydrogen-bond acceptors (Lipinski definition) is 6. The van der Waals surface area contributed by atoms with Crippen LogP contribution in [0.2, 0.25) is 0 Å². The van der Waals surface area contributed by atoms with Crippen LogP contribution in [0.4, 0.5) is 9.18 Å². The lowest BCUT2D eigenvalue weighted by atomic mass is 10.1. The summed E-state index contributed by atoms with van der Waals surface area (Å²) in [5.74, 6) is -1.25. The maximum absolute atomic E-state index is 13.9. The molecule has 0 saturated carbocycles. The zero-order valence-corrected chi connectivity index (χ0v) is 18.5. The van der Waals surface area contributed by atoms with Gasteiger partial charge >= 0.3 is 5.97 Å². The maximum atomic E-state index is 13.9. The second-order valence-corrected chi connectivity index (χ2v) is 8.22. The number of amides is 2. The van der Waals surface area contributed by atoms with E-state index in [0.717, 1.165) is 21.1 Å². The molecule has 2 amide bonds. The minimum atomic E-state index is -1.03. The molecule has 0 radical (unpaired) electrons. The molecule has 2 aromatic rings. The summed E-state index contributed by atoms with van der Waals surface area (Å²) in [4.78, 5) is 37.7. The fraction of sp³-hybridized carbons (Fsp3) is 0.190. The molecule has 0 aromatic heterocycles. The van der Waals surface area contributed by atoms with Gasteiger partial charge in [-0.25, -0.2) is 9.18 Å². The van der Waals surface area contributed by atoms with Gasteiger partial charge < -0.3 is 9.47 Å². The van der Waals surface area contributed by atoms with E-state index in [1.807, 2.05) is 0 Å². The quantitative estimate of drug-likeness (QED) is 0.426. The van der Waals surface area contributed by atoms with Crippen LogP contribution in [-0.4, -0.2) is 35.2 Å². The number of thioether (sulfide) groups is 1. The number of esters is 1. The van der Waals surface area contributed by atoms with Crippen molar-refractivity contribution in [2.24, 2.45) is 0 Å². The summed E-state index contributed by atoms with van der Waals surface area (Å²) < 4.78 is 25.0. The standard InChI is InChI=1S/C21H17BrFNO5S/c1-12(20(26)28-2)24-19(25)18(30-21(24)27)10-14-9-15(22)7-8-17(14)29-11-13-5-3-4-6-16(13)23/h3-10,12H,11H2,1-2H3/b18-10+/t12-/m1/s1. The van der Waals surface area contributed by atoms with Crippen LogP contribution in [0.25, 0.3) is 6.08 Å². The van der Waals surface area contributed by atoms with Crippen LogP contribution in [0.15, 0.2) is 51.8 Å². The number of imide groups is 1. The van der Waals surface area contributed by atoms with Gasteiger partial charge in [0.05, 0.1) is 12.0 Å². The summed E-state index contributed by atoms with van der Waals surface area (Å²) in [5, 5.41) is -0.562. The van der Waals surface area contributed by atoms with Crippen LogP contribution in [0.5, 0.6) is 5.75 Å². The number of carbonyl (C=O) groups is 3. The first-order chi connectivity index (χ1) is 14.3. The molecule has 156 valence electrons. The van der Waals surface area contributed by atoms with Gasteiger partial charge in [-0.2, -0.15) is 0 Å². The Labute approximate surface area is 185 Å². The molecule has 1 atom stereocenters. The van der Waals surface area contributed by atoms with E-state index in [2.05, 4.69) is 20.7 Å². The highest BCUT2D eigenvalue weighted by molar-refractivity contribution is 9.10. The van der Waals surface area contributed by atoms with Crippen molar-refractivity contribution in [2.75, 3.05) is 7.11 Å². The molecule has 2 aromatic carbocycles. The predicted molar refractivity (Wildman–Crippen MR) is 114 cm³/mol. The molecule has 3 rings (SSSR count). The lowest BCUT2D eigenvalue weighted by Gasteiger charge is -2.18. The molecular weight excluding hydrogens is 477 g/mol. The Morgan fingerprint density at radius 1 is 1.27 bits per heavy atom. The van der Waals surface area contributed by atoms with Crippen molar-refractivity contribution in [3.8, 4) is 5.75 Å². The smallest absolute Gasteiger partial charge is 0.328 e. The largest absolute Gasteiger partial charge is 0.488 e. The highest BCUT2D eigenvalue weighted by Gasteiger charge is 2.41. The third kappa shape index (κ3) is 4.73. The van der Waals surface area contributed by atoms with Crippen molar-refractivity contribution in [3.05, 3.63) is 68.8 Å². The van der Waals surface area contributed by atoms with Gasteiger partial charge in [0.25, 0.3) is 11.1 Å². The zero-order valence-electron chi connectivity index (χ0n) is 16.1. The van der Waals surface area contributed by atoms with E-state index in [1.165, 1.54) is 26.2 Å². The van der Waals surface area contributed by atoms with Crippen LogP contribution in [-0.2, 0) is 20.9 Å². The van der Waals surface area contributed by atoms with E-state index in [1.54, 1.807) is 36.4 Å². The Balaban J connectivity index is 1.87. The molecule has 1 heterocycles. The zero-order chi connectivity index (χ0) is 21.8. The number of ether oxygens (including phenoxy) is 2. The Kier molecular flexibility index (Phi) is 6.94. The molecule has 0 aliphatic carbocycles. The van der Waals surface area contributed by atoms with Gasteiger partial charge in [-0.3, -0.25) is 14.5 Å². The molecule has 9 heteroatoms. The van der Waals surface area contributed by atoms with Crippen molar-refractivity contribution in [2.45, 2.75) is 19.6 Å². The summed E-state index contributed by atoms with van der Waals surface area (Å²) in [5.41, 5.74) is 0.913. The van der Waals surface area contributed by atoms with Crippen LogP contribution in [0.3, 0.4) is 0 Å². The Morgan fingerprint density at radius 2 is 2.00 bits per heavy atom. The number of methoxy groups -OCH3 is 1. The summed E-state index contributed by atoms with van der Waals surface area (Å²) >= 11 is 4.09. The van der Waals surface area contributed by atoms with E-state index >= 15 is 0 Å². The fourth-order valence-electron chi connectivity index (χ4n) is 2.77. The van der Waals surface area contributed by atoms with Crippen molar-refractivity contribution < 1.29 is 28.2 Å². The number of benzene rings is 2. The van der Waals surface area contributed by atoms with Crippen molar-refractivity contribution in [1.82, 2.24) is 4.90 Å². The van der Waals surface area contributed by atoms with Crippen molar-refractivity contribution >= 4 is 50.9 Å². The number of rotatable bonds is 6. The predicted octanol–water partition coefficient (Wildman–Crippen LogP) is 4.77. The van der Waals surface area contributed by atoms with Crippen molar-refractivity contribution in [3.63, 3.8) is 0 Å². The van der Waals surface area contributed by atoms with Gasteiger partial charge in [0.1, 0.15) is 24.2 Å². The molecule has 1 saturated heterocycles. The van der Waals surface area contributed by atoms with Gasteiger partial charge in [-0.1, -0.05) is 34.1 Å². The fourth-order valence-corrected chi connectivity index (χ4v) is 4.04. The molecule has 1 fully saturated rings. The topological polar surface area (TPSA) is 72.9 Å². The number of hydrogen-bond donors (Lipinski definition) is 0. The lowest BCUT2D eigenvalue weighted by Crippen LogP contribution is -2.42. The molecule has 30 heavy (non-hydrogen) atoms. The average molecular weight is 494 g/mol. The Morgan fingerprint density at radius 3 is 2.70 bits per heavy atom. The molecule has 1 aliphatic heterocycles. The van der Waals surface area contributed by atoms with E-state index < -0.39 is 23.2 Å². The minimum absolute atomic E-state index is 0.00397. The summed E-state index contributed by atoms with van der Waals surface area (Å²) in [7, 11) is 1.19. The van der Waals surface area contributed by atoms with Gasteiger partial charge in [0.2, 0.25) is 0 Å². The summed E-state index contributed by atoms with van der Waals surface area (Å²) in [6.07, 6.45) is 1.51. The van der Waals surface area contributed by atoms with Crippen LogP contribution in [0, 0.1) is 5.82 Å². The normalized spacial score (nSPS) is 16.1. The van der Waals surface area contributed by atoms with Gasteiger partial charge in [-0.15, -0.1) is 0 Å². The Bertz CT molecular complexity index is 1040. The van der Waals surface area contributed by atoms with Crippen LogP contribution < -0.4 is 4.74 Å². The van der Waals surface area contributed by atoms with E-state index in [9.17, 15) is 18.8 Å². The van der Waals surface area contributed by atoms with Crippen molar-refractivity contribution in [1.29, 1.82) is 0 Å². The van der Waals surface area contributed by atoms with E-state index in [0.29, 0.717) is 16.9 Å². The third-order valence-electron chi connectivity index (χ3n) is 4.35. The van der Waals surface area contributed by atoms with Gasteiger partial charge in [0, 0.05) is 15.6 Å². The second kappa shape index (κ2) is 9.44. The highest BCUT2D eigenvalue weighted by atomic mass is 79.9. The first kappa shape index (κ1) is 22.0. The van der Waals surface area contributed by atoms with E-state index in [4.69, 9.17) is 4.74 Å². The average Bonchev–Trinajstić information content (AvgIpc) is 3.00. The number of halogens is 2. The molecule has 0 spiro atoms. The van der Waals surface area contributed by atoms with Crippen LogP contribution in [0.1, 0.15) is 18.1 Å². The maximum Gasteiger partial charge on any atom is 0.328 e. The lowest BCUT2D eigenvalue weighted by molar-refractivity contribution is -0.148. The van der Waals surface area contributed by atoms with Gasteiger partial charge in [0.15, 0.2) is 0 Å². The minimum Gasteiger partial charge on any atom is -0.488 e. The third-order valence-corrected chi connectivity index (χ3v) is 5.73. The van der Waals surface area contributed by atoms with Gasteiger partial charge in [-0.05, 0) is 49.0 Å². The molecule has 6 nitrogen and oxygen atoms in total. The molecule has 0 bridgehead atoms. The summed E-state index contributed by atoms with van der Waals surface area (Å²) in [6.45, 7) is 1.42. The second-order valence-electron chi connectivity index (χ2n) is 6.31. The monoisotopic (exact) mass is 493 g/mol. The molecule has 1 aliphatic rings.